The monoisotopic (exact) mass is 163 g/mol. The van der Waals surface area contributed by atoms with Gasteiger partial charge in [0.2, 0.25) is 0 Å². The Morgan fingerprint density at radius 2 is 2.08 bits per heavy atom. The van der Waals surface area contributed by atoms with Gasteiger partial charge in [0.15, 0.2) is 0 Å². The van der Waals surface area contributed by atoms with Gasteiger partial charge in [-0.05, 0) is 12.5 Å². The van der Waals surface area contributed by atoms with Crippen LogP contribution in [0, 0.1) is 0 Å². The zero-order chi connectivity index (χ0) is 8.77. The highest BCUT2D eigenvalue weighted by atomic mass is 16.3. The van der Waals surface area contributed by atoms with Crippen molar-refractivity contribution in [3.63, 3.8) is 0 Å². The summed E-state index contributed by atoms with van der Waals surface area (Å²) in [5, 5.41) is 9.55. The average molecular weight is 163 g/mol. The fraction of sp³-hybridized carbons (Fsp3) is 0.400. The van der Waals surface area contributed by atoms with Crippen molar-refractivity contribution in [3.8, 4) is 5.75 Å². The van der Waals surface area contributed by atoms with Crippen LogP contribution in [0.1, 0.15) is 18.9 Å². The van der Waals surface area contributed by atoms with Gasteiger partial charge >= 0.3 is 0 Å². The zero-order valence-corrected chi connectivity index (χ0v) is 7.12. The van der Waals surface area contributed by atoms with Gasteiger partial charge in [-0.15, -0.1) is 0 Å². The maximum absolute atomic E-state index is 9.55. The number of hydrogen-bond donors (Lipinski definition) is 2. The van der Waals surface area contributed by atoms with Crippen LogP contribution in [-0.4, -0.2) is 11.1 Å². The molecule has 2 nitrogen and oxygen atoms in total. The molecule has 64 valence electrons. The molecule has 1 aromatic rings. The summed E-state index contributed by atoms with van der Waals surface area (Å²) >= 11 is 0. The number of aromatic hydroxyl groups is 1. The van der Waals surface area contributed by atoms with Gasteiger partial charge in [-0.1, -0.05) is 25.1 Å². The van der Waals surface area contributed by atoms with Crippen molar-refractivity contribution in [2.75, 3.05) is 0 Å². The lowest BCUT2D eigenvalue weighted by atomic mass is 9.96. The third-order valence-electron chi connectivity index (χ3n) is 2.82. The minimum Gasteiger partial charge on any atom is -0.508 e. The Morgan fingerprint density at radius 3 is 2.58 bits per heavy atom. The third-order valence-corrected chi connectivity index (χ3v) is 2.82. The SMILES string of the molecule is CC1(c2ccccc2O)C[C@H]1N. The molecule has 0 heterocycles. The number of para-hydroxylation sites is 1. The highest BCUT2D eigenvalue weighted by Gasteiger charge is 2.49. The van der Waals surface area contributed by atoms with Crippen molar-refractivity contribution >= 4 is 0 Å². The summed E-state index contributed by atoms with van der Waals surface area (Å²) in [6, 6.07) is 7.64. The van der Waals surface area contributed by atoms with Crippen molar-refractivity contribution in [3.05, 3.63) is 29.8 Å². The molecule has 1 fully saturated rings. The number of nitrogens with two attached hydrogens (primary N) is 1. The lowest BCUT2D eigenvalue weighted by Crippen LogP contribution is -2.14. The second-order valence-electron chi connectivity index (χ2n) is 3.75. The Balaban J connectivity index is 2.41. The first-order chi connectivity index (χ1) is 5.64. The van der Waals surface area contributed by atoms with Crippen LogP contribution in [0.5, 0.6) is 5.75 Å². The molecule has 1 aromatic carbocycles. The van der Waals surface area contributed by atoms with Crippen LogP contribution in [0.25, 0.3) is 0 Å². The summed E-state index contributed by atoms with van der Waals surface area (Å²) < 4.78 is 0. The number of rotatable bonds is 1. The Morgan fingerprint density at radius 1 is 1.50 bits per heavy atom. The van der Waals surface area contributed by atoms with E-state index in [0.717, 1.165) is 12.0 Å². The predicted octanol–water partition coefficient (Wildman–Crippen LogP) is 1.38. The van der Waals surface area contributed by atoms with Crippen molar-refractivity contribution in [2.45, 2.75) is 24.8 Å². The normalized spacial score (nSPS) is 33.3. The highest BCUT2D eigenvalue weighted by molar-refractivity contribution is 5.44. The van der Waals surface area contributed by atoms with Crippen LogP contribution in [0.3, 0.4) is 0 Å². The maximum atomic E-state index is 9.55. The van der Waals surface area contributed by atoms with Gasteiger partial charge in [0.05, 0.1) is 0 Å². The zero-order valence-electron chi connectivity index (χ0n) is 7.12. The van der Waals surface area contributed by atoms with Crippen molar-refractivity contribution in [1.82, 2.24) is 0 Å². The predicted molar refractivity (Wildman–Crippen MR) is 48.1 cm³/mol. The van der Waals surface area contributed by atoms with E-state index in [0.29, 0.717) is 5.75 Å². The van der Waals surface area contributed by atoms with Crippen LogP contribution in [-0.2, 0) is 5.41 Å². The topological polar surface area (TPSA) is 46.2 Å². The van der Waals surface area contributed by atoms with Gasteiger partial charge in [-0.25, -0.2) is 0 Å². The largest absolute Gasteiger partial charge is 0.508 e. The maximum Gasteiger partial charge on any atom is 0.119 e. The van der Waals surface area contributed by atoms with E-state index in [9.17, 15) is 5.11 Å². The summed E-state index contributed by atoms with van der Waals surface area (Å²) in [6.45, 7) is 2.09. The number of benzene rings is 1. The molecule has 2 heteroatoms. The molecular weight excluding hydrogens is 150 g/mol. The molecule has 2 rings (SSSR count). The lowest BCUT2D eigenvalue weighted by molar-refractivity contribution is 0.460. The smallest absolute Gasteiger partial charge is 0.119 e. The fourth-order valence-corrected chi connectivity index (χ4v) is 1.66. The Kier molecular flexibility index (Phi) is 1.42. The van der Waals surface area contributed by atoms with Crippen LogP contribution in [0.15, 0.2) is 24.3 Å². The van der Waals surface area contributed by atoms with Gasteiger partial charge < -0.3 is 10.8 Å². The second kappa shape index (κ2) is 2.23. The third kappa shape index (κ3) is 0.916. The summed E-state index contributed by atoms with van der Waals surface area (Å²) in [5.74, 6) is 0.368. The van der Waals surface area contributed by atoms with Gasteiger partial charge in [-0.3, -0.25) is 0 Å². The molecule has 12 heavy (non-hydrogen) atoms. The molecule has 0 aromatic heterocycles. The van der Waals surface area contributed by atoms with E-state index in [1.54, 1.807) is 6.07 Å². The molecule has 1 aliphatic rings. The van der Waals surface area contributed by atoms with Gasteiger partial charge in [0.1, 0.15) is 5.75 Å². The Hall–Kier alpha value is -1.02. The van der Waals surface area contributed by atoms with Gasteiger partial charge in [-0.2, -0.15) is 0 Å². The molecule has 0 saturated heterocycles. The van der Waals surface area contributed by atoms with Crippen LogP contribution >= 0.6 is 0 Å². The van der Waals surface area contributed by atoms with E-state index >= 15 is 0 Å². The molecule has 1 unspecified atom stereocenters. The molecule has 0 aliphatic heterocycles. The van der Waals surface area contributed by atoms with E-state index in [-0.39, 0.29) is 11.5 Å². The standard InChI is InChI=1S/C10H13NO/c1-10(6-9(10)11)7-4-2-3-5-8(7)12/h2-5,9,12H,6,11H2,1H3/t9-,10?/m1/s1. The molecule has 0 bridgehead atoms. The highest BCUT2D eigenvalue weighted by Crippen LogP contribution is 2.49. The number of phenolic OH excluding ortho intramolecular Hbond substituents is 1. The summed E-state index contributed by atoms with van der Waals surface area (Å²) in [6.07, 6.45) is 0.977. The first kappa shape index (κ1) is 7.62. The van der Waals surface area contributed by atoms with Crippen molar-refractivity contribution in [1.29, 1.82) is 0 Å². The minimum absolute atomic E-state index is 0.0192. The number of hydrogen-bond acceptors (Lipinski definition) is 2. The average Bonchev–Trinajstić information content (AvgIpc) is 2.61. The molecular formula is C10H13NO. The molecule has 2 atom stereocenters. The van der Waals surface area contributed by atoms with E-state index in [1.807, 2.05) is 18.2 Å². The molecule has 0 spiro atoms. The van der Waals surface area contributed by atoms with E-state index in [4.69, 9.17) is 5.73 Å². The molecule has 3 N–H and O–H groups in total. The number of phenols is 1. The van der Waals surface area contributed by atoms with E-state index in [2.05, 4.69) is 6.92 Å². The lowest BCUT2D eigenvalue weighted by Gasteiger charge is -2.11. The molecule has 1 aliphatic carbocycles. The van der Waals surface area contributed by atoms with E-state index < -0.39 is 0 Å². The van der Waals surface area contributed by atoms with Crippen LogP contribution in [0.4, 0.5) is 0 Å². The van der Waals surface area contributed by atoms with Crippen LogP contribution in [0.2, 0.25) is 0 Å². The first-order valence-corrected chi connectivity index (χ1v) is 4.18. The van der Waals surface area contributed by atoms with Crippen molar-refractivity contribution in [2.24, 2.45) is 5.73 Å². The van der Waals surface area contributed by atoms with Crippen molar-refractivity contribution < 1.29 is 5.11 Å². The van der Waals surface area contributed by atoms with Gasteiger partial charge in [0.25, 0.3) is 0 Å². The van der Waals surface area contributed by atoms with E-state index in [1.165, 1.54) is 0 Å². The summed E-state index contributed by atoms with van der Waals surface area (Å²) in [7, 11) is 0. The second-order valence-corrected chi connectivity index (χ2v) is 3.75. The first-order valence-electron chi connectivity index (χ1n) is 4.18. The summed E-state index contributed by atoms with van der Waals surface area (Å²) in [5.41, 5.74) is 6.79. The Bertz CT molecular complexity index is 310. The van der Waals surface area contributed by atoms with Crippen LogP contribution < -0.4 is 5.73 Å². The molecule has 0 amide bonds. The Labute approximate surface area is 72.0 Å². The van der Waals surface area contributed by atoms with Gasteiger partial charge in [0, 0.05) is 17.0 Å². The molecule has 0 radical (unpaired) electrons. The summed E-state index contributed by atoms with van der Waals surface area (Å²) in [4.78, 5) is 0. The quantitative estimate of drug-likeness (QED) is 0.657. The fourth-order valence-electron chi connectivity index (χ4n) is 1.66. The minimum atomic E-state index is 0.0192. The molecule has 1 saturated carbocycles.